The minimum absolute atomic E-state index is 0.836. The number of hydrogen-bond donors (Lipinski definition) is 1. The molecular weight excluding hydrogens is 172 g/mol. The molecule has 0 amide bonds. The minimum Gasteiger partial charge on any atom is -0.313 e. The van der Waals surface area contributed by atoms with Crippen LogP contribution >= 0.6 is 0 Å². The van der Waals surface area contributed by atoms with E-state index in [1.807, 2.05) is 0 Å². The molecule has 2 nitrogen and oxygen atoms in total. The maximum Gasteiger partial charge on any atom is 0.0137 e. The molecule has 0 unspecified atom stereocenters. The molecule has 1 saturated heterocycles. The van der Waals surface area contributed by atoms with Gasteiger partial charge in [0.2, 0.25) is 0 Å². The van der Waals surface area contributed by atoms with Crippen LogP contribution in [0.4, 0.5) is 0 Å². The summed E-state index contributed by atoms with van der Waals surface area (Å²) in [6.07, 6.45) is 8.00. The Kier molecular flexibility index (Phi) is 2.14. The average Bonchev–Trinajstić information content (AvgIpc) is 2.94. The molecule has 1 N–H and O–H groups in total. The van der Waals surface area contributed by atoms with E-state index in [-0.39, 0.29) is 0 Å². The van der Waals surface area contributed by atoms with Gasteiger partial charge in [0.15, 0.2) is 0 Å². The fourth-order valence-corrected chi connectivity index (χ4v) is 2.75. The molecule has 14 heavy (non-hydrogen) atoms. The molecule has 78 valence electrons. The summed E-state index contributed by atoms with van der Waals surface area (Å²) in [5.41, 5.74) is 2.52. The van der Waals surface area contributed by atoms with E-state index in [0.717, 1.165) is 12.0 Å². The van der Waals surface area contributed by atoms with E-state index in [1.54, 1.807) is 5.57 Å². The van der Waals surface area contributed by atoms with Crippen molar-refractivity contribution in [1.82, 2.24) is 10.2 Å². The number of nitrogens with one attached hydrogen (secondary N) is 1. The highest BCUT2D eigenvalue weighted by Crippen LogP contribution is 2.52. The van der Waals surface area contributed by atoms with Crippen LogP contribution in [0, 0.1) is 5.41 Å². The van der Waals surface area contributed by atoms with Crippen LogP contribution in [0.1, 0.15) is 25.7 Å². The molecule has 2 heteroatoms. The Morgan fingerprint density at radius 2 is 2.21 bits per heavy atom. The largest absolute Gasteiger partial charge is 0.313 e. The summed E-state index contributed by atoms with van der Waals surface area (Å²) in [5, 5.41) is 3.36. The Balaban J connectivity index is 1.39. The summed E-state index contributed by atoms with van der Waals surface area (Å²) in [6, 6.07) is 0. The zero-order chi connectivity index (χ0) is 9.43. The van der Waals surface area contributed by atoms with Crippen molar-refractivity contribution < 1.29 is 0 Å². The third kappa shape index (κ3) is 1.73. The first-order valence-electron chi connectivity index (χ1n) is 5.97. The third-order valence-electron chi connectivity index (χ3n) is 3.98. The molecular formula is C12H20N2. The van der Waals surface area contributed by atoms with Gasteiger partial charge in [0.1, 0.15) is 0 Å². The zero-order valence-electron chi connectivity index (χ0n) is 8.89. The van der Waals surface area contributed by atoms with Crippen molar-refractivity contribution >= 4 is 0 Å². The second-order valence-corrected chi connectivity index (χ2v) is 5.28. The summed E-state index contributed by atoms with van der Waals surface area (Å²) in [7, 11) is 0. The van der Waals surface area contributed by atoms with Crippen molar-refractivity contribution in [3.05, 3.63) is 11.6 Å². The normalized spacial score (nSPS) is 29.9. The lowest BCUT2D eigenvalue weighted by Gasteiger charge is -2.40. The van der Waals surface area contributed by atoms with Gasteiger partial charge < -0.3 is 10.2 Å². The van der Waals surface area contributed by atoms with Crippen molar-refractivity contribution in [3.63, 3.8) is 0 Å². The number of likely N-dealkylation sites (tertiary alicyclic amines) is 1. The van der Waals surface area contributed by atoms with Crippen LogP contribution in [-0.2, 0) is 0 Å². The first-order chi connectivity index (χ1) is 6.86. The Labute approximate surface area is 86.4 Å². The topological polar surface area (TPSA) is 15.3 Å². The first kappa shape index (κ1) is 8.93. The van der Waals surface area contributed by atoms with Crippen LogP contribution in [-0.4, -0.2) is 37.6 Å². The van der Waals surface area contributed by atoms with E-state index in [9.17, 15) is 0 Å². The van der Waals surface area contributed by atoms with Crippen LogP contribution in [0.25, 0.3) is 0 Å². The summed E-state index contributed by atoms with van der Waals surface area (Å²) < 4.78 is 0. The zero-order valence-corrected chi connectivity index (χ0v) is 8.89. The summed E-state index contributed by atoms with van der Waals surface area (Å²) >= 11 is 0. The highest BCUT2D eigenvalue weighted by molar-refractivity contribution is 5.09. The lowest BCUT2D eigenvalue weighted by molar-refractivity contribution is 0.0831. The van der Waals surface area contributed by atoms with Crippen molar-refractivity contribution in [2.75, 3.05) is 32.7 Å². The predicted molar refractivity (Wildman–Crippen MR) is 58.3 cm³/mol. The highest BCUT2D eigenvalue weighted by Gasteiger charge is 2.51. The molecule has 0 radical (unpaired) electrons. The summed E-state index contributed by atoms with van der Waals surface area (Å²) in [4.78, 5) is 2.63. The average molecular weight is 192 g/mol. The van der Waals surface area contributed by atoms with Gasteiger partial charge in [-0.1, -0.05) is 11.6 Å². The van der Waals surface area contributed by atoms with E-state index in [0.29, 0.717) is 0 Å². The SMILES string of the molecule is C1=C(CCN2CC3(CC3)C2)CCNC1. The van der Waals surface area contributed by atoms with E-state index >= 15 is 0 Å². The molecule has 0 bridgehead atoms. The van der Waals surface area contributed by atoms with Gasteiger partial charge in [-0.15, -0.1) is 0 Å². The van der Waals surface area contributed by atoms with Crippen LogP contribution in [0.5, 0.6) is 0 Å². The molecule has 2 aliphatic heterocycles. The van der Waals surface area contributed by atoms with Gasteiger partial charge in [-0.05, 0) is 37.6 Å². The third-order valence-corrected chi connectivity index (χ3v) is 3.98. The molecule has 0 atom stereocenters. The molecule has 1 saturated carbocycles. The molecule has 0 aromatic rings. The molecule has 0 aromatic carbocycles. The van der Waals surface area contributed by atoms with Gasteiger partial charge in [-0.2, -0.15) is 0 Å². The second-order valence-electron chi connectivity index (χ2n) is 5.28. The monoisotopic (exact) mass is 192 g/mol. The Hall–Kier alpha value is -0.340. The van der Waals surface area contributed by atoms with Crippen molar-refractivity contribution in [3.8, 4) is 0 Å². The van der Waals surface area contributed by atoms with Crippen molar-refractivity contribution in [1.29, 1.82) is 0 Å². The van der Waals surface area contributed by atoms with Gasteiger partial charge in [0, 0.05) is 26.2 Å². The molecule has 3 rings (SSSR count). The van der Waals surface area contributed by atoms with Gasteiger partial charge in [-0.3, -0.25) is 0 Å². The van der Waals surface area contributed by atoms with E-state index in [1.165, 1.54) is 51.9 Å². The van der Waals surface area contributed by atoms with Gasteiger partial charge in [0.05, 0.1) is 0 Å². The lowest BCUT2D eigenvalue weighted by atomic mass is 9.95. The number of hydrogen-bond acceptors (Lipinski definition) is 2. The molecule has 2 fully saturated rings. The lowest BCUT2D eigenvalue weighted by Crippen LogP contribution is -2.48. The quantitative estimate of drug-likeness (QED) is 0.680. The fraction of sp³-hybridized carbons (Fsp3) is 0.833. The standard InChI is InChI=1S/C12H20N2/c1-6-13-7-2-11(1)3-8-14-9-12(10-14)4-5-12/h1,13H,2-10H2. The van der Waals surface area contributed by atoms with E-state index in [4.69, 9.17) is 0 Å². The molecule has 0 aromatic heterocycles. The maximum absolute atomic E-state index is 3.36. The van der Waals surface area contributed by atoms with Gasteiger partial charge in [-0.25, -0.2) is 0 Å². The summed E-state index contributed by atoms with van der Waals surface area (Å²) in [6.45, 7) is 6.40. The first-order valence-corrected chi connectivity index (χ1v) is 5.97. The smallest absolute Gasteiger partial charge is 0.0137 e. The molecule has 3 aliphatic rings. The fourth-order valence-electron chi connectivity index (χ4n) is 2.75. The summed E-state index contributed by atoms with van der Waals surface area (Å²) in [5.74, 6) is 0. The Morgan fingerprint density at radius 3 is 2.86 bits per heavy atom. The van der Waals surface area contributed by atoms with Gasteiger partial charge >= 0.3 is 0 Å². The van der Waals surface area contributed by atoms with Gasteiger partial charge in [0.25, 0.3) is 0 Å². The molecule has 1 spiro atoms. The minimum atomic E-state index is 0.836. The predicted octanol–water partition coefficient (Wildman–Crippen LogP) is 1.39. The molecule has 2 heterocycles. The number of nitrogens with zero attached hydrogens (tertiary/aromatic N) is 1. The molecule has 1 aliphatic carbocycles. The van der Waals surface area contributed by atoms with Crippen LogP contribution in [0.2, 0.25) is 0 Å². The Bertz CT molecular complexity index is 245. The number of rotatable bonds is 3. The van der Waals surface area contributed by atoms with Crippen LogP contribution in [0.3, 0.4) is 0 Å². The van der Waals surface area contributed by atoms with Crippen LogP contribution in [0.15, 0.2) is 11.6 Å². The highest BCUT2D eigenvalue weighted by atomic mass is 15.2. The van der Waals surface area contributed by atoms with E-state index < -0.39 is 0 Å². The Morgan fingerprint density at radius 1 is 1.36 bits per heavy atom. The van der Waals surface area contributed by atoms with Crippen molar-refractivity contribution in [2.45, 2.75) is 25.7 Å². The van der Waals surface area contributed by atoms with E-state index in [2.05, 4.69) is 16.3 Å². The van der Waals surface area contributed by atoms with Crippen molar-refractivity contribution in [2.24, 2.45) is 5.41 Å². The maximum atomic E-state index is 3.36. The van der Waals surface area contributed by atoms with Crippen LogP contribution < -0.4 is 5.32 Å². The second kappa shape index (κ2) is 3.35.